The molecule has 1 fully saturated rings. The number of rotatable bonds is 4. The zero-order chi connectivity index (χ0) is 16.7. The third kappa shape index (κ3) is 2.55. The highest BCUT2D eigenvalue weighted by molar-refractivity contribution is 7.18. The second kappa shape index (κ2) is 6.10. The number of thiophene rings is 1. The van der Waals surface area contributed by atoms with Crippen molar-refractivity contribution in [2.75, 3.05) is 18.0 Å². The molecular formula is C16H21N7S. The minimum Gasteiger partial charge on any atom is -0.353 e. The summed E-state index contributed by atoms with van der Waals surface area (Å²) in [5.74, 6) is 1.98. The topological polar surface area (TPSA) is 85.8 Å². The average Bonchev–Trinajstić information content (AvgIpc) is 3.33. The Morgan fingerprint density at radius 1 is 1.38 bits per heavy atom. The maximum Gasteiger partial charge on any atom is 0.150 e. The Kier molecular flexibility index (Phi) is 3.93. The monoisotopic (exact) mass is 343 g/mol. The predicted molar refractivity (Wildman–Crippen MR) is 95.3 cm³/mol. The van der Waals surface area contributed by atoms with E-state index in [1.807, 2.05) is 10.9 Å². The van der Waals surface area contributed by atoms with Gasteiger partial charge in [-0.15, -0.1) is 16.4 Å². The molecule has 0 amide bonds. The second-order valence-corrected chi connectivity index (χ2v) is 7.08. The Balaban J connectivity index is 1.66. The smallest absolute Gasteiger partial charge is 0.150 e. The van der Waals surface area contributed by atoms with Crippen LogP contribution in [0.25, 0.3) is 10.2 Å². The van der Waals surface area contributed by atoms with Gasteiger partial charge in [0, 0.05) is 26.1 Å². The van der Waals surface area contributed by atoms with Crippen molar-refractivity contribution in [1.29, 1.82) is 0 Å². The molecule has 1 atom stereocenters. The van der Waals surface area contributed by atoms with Gasteiger partial charge in [-0.05, 0) is 24.3 Å². The molecule has 1 aliphatic rings. The van der Waals surface area contributed by atoms with Crippen molar-refractivity contribution in [2.24, 2.45) is 5.73 Å². The normalized spacial score (nSPS) is 18.0. The molecule has 24 heavy (non-hydrogen) atoms. The Morgan fingerprint density at radius 3 is 3.00 bits per heavy atom. The lowest BCUT2D eigenvalue weighted by atomic mass is 10.3. The van der Waals surface area contributed by atoms with Gasteiger partial charge >= 0.3 is 0 Å². The zero-order valence-corrected chi connectivity index (χ0v) is 14.8. The number of nitrogens with zero attached hydrogens (tertiary/aromatic N) is 6. The molecule has 0 aliphatic carbocycles. The number of aromatic nitrogens is 5. The molecule has 8 heteroatoms. The fourth-order valence-corrected chi connectivity index (χ4v) is 4.18. The van der Waals surface area contributed by atoms with Gasteiger partial charge in [0.1, 0.15) is 11.6 Å². The van der Waals surface area contributed by atoms with E-state index in [0.29, 0.717) is 12.6 Å². The van der Waals surface area contributed by atoms with Crippen molar-refractivity contribution in [1.82, 2.24) is 25.0 Å². The highest BCUT2D eigenvalue weighted by atomic mass is 32.1. The Morgan fingerprint density at radius 2 is 2.25 bits per heavy atom. The van der Waals surface area contributed by atoms with Crippen LogP contribution in [0.2, 0.25) is 0 Å². The van der Waals surface area contributed by atoms with Gasteiger partial charge in [0.25, 0.3) is 0 Å². The highest BCUT2D eigenvalue weighted by Crippen LogP contribution is 2.35. The molecule has 0 saturated carbocycles. The molecule has 0 bridgehead atoms. The van der Waals surface area contributed by atoms with Gasteiger partial charge in [0.2, 0.25) is 0 Å². The summed E-state index contributed by atoms with van der Waals surface area (Å²) in [5.41, 5.74) is 8.79. The Bertz CT molecular complexity index is 869. The number of nitrogens with two attached hydrogens (primary N) is 1. The lowest BCUT2D eigenvalue weighted by molar-refractivity contribution is 0.479. The summed E-state index contributed by atoms with van der Waals surface area (Å²) < 4.78 is 3.13. The maximum absolute atomic E-state index is 5.63. The van der Waals surface area contributed by atoms with E-state index in [-0.39, 0.29) is 0 Å². The first-order valence-corrected chi connectivity index (χ1v) is 9.18. The van der Waals surface area contributed by atoms with Gasteiger partial charge in [-0.1, -0.05) is 12.1 Å². The van der Waals surface area contributed by atoms with Crippen LogP contribution in [0, 0.1) is 6.92 Å². The highest BCUT2D eigenvalue weighted by Gasteiger charge is 2.28. The van der Waals surface area contributed by atoms with Crippen LogP contribution in [0.5, 0.6) is 0 Å². The van der Waals surface area contributed by atoms with Crippen LogP contribution in [0.4, 0.5) is 5.82 Å². The molecule has 1 saturated heterocycles. The molecule has 0 spiro atoms. The molecule has 7 nitrogen and oxygen atoms in total. The van der Waals surface area contributed by atoms with E-state index in [2.05, 4.69) is 34.4 Å². The number of fused-ring (bicyclic) bond motifs is 1. The van der Waals surface area contributed by atoms with Crippen LogP contribution in [-0.2, 0) is 13.0 Å². The summed E-state index contributed by atoms with van der Waals surface area (Å²) in [6, 6.07) is 0.314. The van der Waals surface area contributed by atoms with Gasteiger partial charge in [0.05, 0.1) is 28.1 Å². The van der Waals surface area contributed by atoms with Crippen LogP contribution >= 0.6 is 11.3 Å². The SMILES string of the molecule is CCc1nc(N2CCC(n3cc(CN)nn3)C2)c2scc(C)c2n1. The van der Waals surface area contributed by atoms with Crippen molar-refractivity contribution in [2.45, 2.75) is 39.3 Å². The van der Waals surface area contributed by atoms with Crippen LogP contribution in [0.3, 0.4) is 0 Å². The summed E-state index contributed by atoms with van der Waals surface area (Å²) in [6.45, 7) is 6.50. The molecule has 2 N–H and O–H groups in total. The minimum atomic E-state index is 0.314. The Hall–Kier alpha value is -2.06. The van der Waals surface area contributed by atoms with Gasteiger partial charge in [-0.25, -0.2) is 14.6 Å². The third-order valence-corrected chi connectivity index (χ3v) is 5.62. The van der Waals surface area contributed by atoms with E-state index in [4.69, 9.17) is 15.7 Å². The van der Waals surface area contributed by atoms with E-state index in [1.54, 1.807) is 11.3 Å². The van der Waals surface area contributed by atoms with Crippen molar-refractivity contribution in [3.05, 3.63) is 28.7 Å². The van der Waals surface area contributed by atoms with E-state index < -0.39 is 0 Å². The first-order valence-electron chi connectivity index (χ1n) is 8.30. The quantitative estimate of drug-likeness (QED) is 0.780. The van der Waals surface area contributed by atoms with Crippen LogP contribution in [0.15, 0.2) is 11.6 Å². The molecule has 3 aromatic rings. The van der Waals surface area contributed by atoms with Crippen molar-refractivity contribution >= 4 is 27.4 Å². The number of hydrogen-bond acceptors (Lipinski definition) is 7. The molecule has 4 rings (SSSR count). The first kappa shape index (κ1) is 15.5. The maximum atomic E-state index is 5.63. The summed E-state index contributed by atoms with van der Waals surface area (Å²) in [6.07, 6.45) is 3.83. The standard InChI is InChI=1S/C16H21N7S/c1-3-13-18-14-10(2)9-24-15(14)16(19-13)22-5-4-12(8-22)23-7-11(6-17)20-21-23/h7,9,12H,3-6,8,17H2,1-2H3. The lowest BCUT2D eigenvalue weighted by Crippen LogP contribution is -2.23. The molecule has 1 aliphatic heterocycles. The fourth-order valence-electron chi connectivity index (χ4n) is 3.17. The van der Waals surface area contributed by atoms with Crippen molar-refractivity contribution in [3.8, 4) is 0 Å². The van der Waals surface area contributed by atoms with E-state index in [9.17, 15) is 0 Å². The molecule has 3 aromatic heterocycles. The van der Waals surface area contributed by atoms with Gasteiger partial charge < -0.3 is 10.6 Å². The average molecular weight is 343 g/mol. The van der Waals surface area contributed by atoms with E-state index in [0.717, 1.165) is 48.8 Å². The molecular weight excluding hydrogens is 322 g/mol. The lowest BCUT2D eigenvalue weighted by Gasteiger charge is -2.19. The number of anilines is 1. The zero-order valence-electron chi connectivity index (χ0n) is 13.9. The predicted octanol–water partition coefficient (Wildman–Crippen LogP) is 2.06. The van der Waals surface area contributed by atoms with Crippen LogP contribution in [0.1, 0.15) is 36.5 Å². The van der Waals surface area contributed by atoms with Gasteiger partial charge in [-0.3, -0.25) is 0 Å². The second-order valence-electron chi connectivity index (χ2n) is 6.20. The van der Waals surface area contributed by atoms with Crippen molar-refractivity contribution in [3.63, 3.8) is 0 Å². The number of aryl methyl sites for hydroxylation is 2. The van der Waals surface area contributed by atoms with E-state index in [1.165, 1.54) is 10.3 Å². The number of hydrogen-bond donors (Lipinski definition) is 1. The van der Waals surface area contributed by atoms with Crippen LogP contribution < -0.4 is 10.6 Å². The van der Waals surface area contributed by atoms with Gasteiger partial charge in [-0.2, -0.15) is 0 Å². The molecule has 4 heterocycles. The summed E-state index contributed by atoms with van der Waals surface area (Å²) in [5, 5.41) is 10.5. The van der Waals surface area contributed by atoms with Crippen LogP contribution in [-0.4, -0.2) is 38.1 Å². The summed E-state index contributed by atoms with van der Waals surface area (Å²) in [4.78, 5) is 11.9. The van der Waals surface area contributed by atoms with Crippen molar-refractivity contribution < 1.29 is 0 Å². The van der Waals surface area contributed by atoms with E-state index >= 15 is 0 Å². The summed E-state index contributed by atoms with van der Waals surface area (Å²) >= 11 is 1.73. The Labute approximate surface area is 144 Å². The third-order valence-electron chi connectivity index (χ3n) is 4.54. The molecule has 126 valence electrons. The summed E-state index contributed by atoms with van der Waals surface area (Å²) in [7, 11) is 0. The molecule has 0 radical (unpaired) electrons. The molecule has 0 aromatic carbocycles. The van der Waals surface area contributed by atoms with Gasteiger partial charge in [0.15, 0.2) is 0 Å². The fraction of sp³-hybridized carbons (Fsp3) is 0.500. The minimum absolute atomic E-state index is 0.314. The first-order chi connectivity index (χ1) is 11.7. The molecule has 1 unspecified atom stereocenters. The largest absolute Gasteiger partial charge is 0.353 e.